The lowest BCUT2D eigenvalue weighted by atomic mass is 10.1. The van der Waals surface area contributed by atoms with E-state index in [1.807, 2.05) is 36.4 Å². The van der Waals surface area contributed by atoms with E-state index in [4.69, 9.17) is 16.7 Å². The first-order chi connectivity index (χ1) is 9.79. The lowest BCUT2D eigenvalue weighted by molar-refractivity contribution is 0.283. The van der Waals surface area contributed by atoms with Gasteiger partial charge >= 0.3 is 0 Å². The number of benzene rings is 1. The van der Waals surface area contributed by atoms with Crippen LogP contribution in [0.1, 0.15) is 19.3 Å². The lowest BCUT2D eigenvalue weighted by Gasteiger charge is -2.08. The Balaban J connectivity index is 2.02. The molecule has 0 fully saturated rings. The topological polar surface area (TPSA) is 58.0 Å². The molecule has 0 aliphatic heterocycles. The number of aliphatic hydroxyl groups is 1. The van der Waals surface area contributed by atoms with Gasteiger partial charge in [-0.3, -0.25) is 0 Å². The molecule has 4 nitrogen and oxygen atoms in total. The summed E-state index contributed by atoms with van der Waals surface area (Å²) in [6, 6.07) is 11.8. The van der Waals surface area contributed by atoms with Gasteiger partial charge in [0.25, 0.3) is 0 Å². The van der Waals surface area contributed by atoms with Gasteiger partial charge in [-0.05, 0) is 30.9 Å². The van der Waals surface area contributed by atoms with Crippen molar-refractivity contribution in [1.82, 2.24) is 9.97 Å². The zero-order chi connectivity index (χ0) is 14.2. The maximum absolute atomic E-state index is 8.72. The van der Waals surface area contributed by atoms with Gasteiger partial charge in [0.1, 0.15) is 5.82 Å². The van der Waals surface area contributed by atoms with Crippen molar-refractivity contribution >= 4 is 17.4 Å². The summed E-state index contributed by atoms with van der Waals surface area (Å²) in [6.45, 7) is 1.05. The van der Waals surface area contributed by atoms with E-state index < -0.39 is 0 Å². The van der Waals surface area contributed by atoms with Crippen LogP contribution in [0.15, 0.2) is 36.4 Å². The van der Waals surface area contributed by atoms with Crippen LogP contribution in [-0.4, -0.2) is 28.2 Å². The van der Waals surface area contributed by atoms with E-state index >= 15 is 0 Å². The molecule has 0 bridgehead atoms. The van der Waals surface area contributed by atoms with Crippen LogP contribution >= 0.6 is 11.6 Å². The molecule has 0 spiro atoms. The van der Waals surface area contributed by atoms with Crippen LogP contribution in [0.5, 0.6) is 0 Å². The summed E-state index contributed by atoms with van der Waals surface area (Å²) in [6.07, 6.45) is 2.82. The summed E-state index contributed by atoms with van der Waals surface area (Å²) in [5.41, 5.74) is 1.82. The first-order valence-electron chi connectivity index (χ1n) is 6.74. The monoisotopic (exact) mass is 291 g/mol. The van der Waals surface area contributed by atoms with Gasteiger partial charge in [-0.1, -0.05) is 30.3 Å². The summed E-state index contributed by atoms with van der Waals surface area (Å²) in [7, 11) is 0. The highest BCUT2D eigenvalue weighted by Crippen LogP contribution is 2.21. The van der Waals surface area contributed by atoms with Crippen LogP contribution < -0.4 is 5.32 Å². The Bertz CT molecular complexity index is 534. The van der Waals surface area contributed by atoms with Gasteiger partial charge in [-0.15, -0.1) is 0 Å². The highest BCUT2D eigenvalue weighted by molar-refractivity contribution is 6.28. The van der Waals surface area contributed by atoms with Crippen molar-refractivity contribution in [3.63, 3.8) is 0 Å². The Morgan fingerprint density at radius 2 is 1.85 bits per heavy atom. The molecular weight excluding hydrogens is 274 g/mol. The molecule has 2 aromatic rings. The summed E-state index contributed by atoms with van der Waals surface area (Å²) in [4.78, 5) is 8.41. The fraction of sp³-hybridized carbons (Fsp3) is 0.333. The van der Waals surface area contributed by atoms with Crippen LogP contribution in [0.4, 0.5) is 5.82 Å². The molecule has 5 heteroatoms. The van der Waals surface area contributed by atoms with E-state index in [0.717, 1.165) is 42.9 Å². The fourth-order valence-electron chi connectivity index (χ4n) is 1.90. The number of hydrogen-bond acceptors (Lipinski definition) is 4. The van der Waals surface area contributed by atoms with E-state index in [1.54, 1.807) is 0 Å². The number of rotatable bonds is 7. The Labute approximate surface area is 123 Å². The molecule has 2 rings (SSSR count). The van der Waals surface area contributed by atoms with Gasteiger partial charge in [-0.2, -0.15) is 0 Å². The van der Waals surface area contributed by atoms with Crippen LogP contribution in [0.25, 0.3) is 11.3 Å². The lowest BCUT2D eigenvalue weighted by Crippen LogP contribution is -2.04. The van der Waals surface area contributed by atoms with Gasteiger partial charge in [-0.25, -0.2) is 9.97 Å². The molecule has 2 N–H and O–H groups in total. The quantitative estimate of drug-likeness (QED) is 0.606. The van der Waals surface area contributed by atoms with Gasteiger partial charge < -0.3 is 10.4 Å². The minimum absolute atomic E-state index is 0.240. The van der Waals surface area contributed by atoms with Gasteiger partial charge in [0.15, 0.2) is 0 Å². The standard InChI is InChI=1S/C15H18ClN3O/c16-15-18-13(12-7-3-1-4-8-12)11-14(19-15)17-9-5-2-6-10-20/h1,3-4,7-8,11,20H,2,5-6,9-10H2,(H,17,18,19). The van der Waals surface area contributed by atoms with E-state index in [0.29, 0.717) is 0 Å². The average Bonchev–Trinajstić information content (AvgIpc) is 2.47. The Morgan fingerprint density at radius 1 is 1.05 bits per heavy atom. The van der Waals surface area contributed by atoms with Crippen molar-refractivity contribution < 1.29 is 5.11 Å². The van der Waals surface area contributed by atoms with Gasteiger partial charge in [0, 0.05) is 24.8 Å². The minimum Gasteiger partial charge on any atom is -0.396 e. The second kappa shape index (κ2) is 7.82. The van der Waals surface area contributed by atoms with Crippen molar-refractivity contribution in [2.75, 3.05) is 18.5 Å². The molecule has 1 aromatic heterocycles. The number of aromatic nitrogens is 2. The molecule has 0 saturated heterocycles. The summed E-state index contributed by atoms with van der Waals surface area (Å²) in [5.74, 6) is 0.729. The number of nitrogens with one attached hydrogen (secondary N) is 1. The van der Waals surface area contributed by atoms with Crippen molar-refractivity contribution in [3.05, 3.63) is 41.7 Å². The maximum Gasteiger partial charge on any atom is 0.224 e. The highest BCUT2D eigenvalue weighted by atomic mass is 35.5. The molecule has 106 valence electrons. The summed E-state index contributed by atoms with van der Waals surface area (Å²) >= 11 is 5.97. The number of unbranched alkanes of at least 4 members (excludes halogenated alkanes) is 2. The first-order valence-corrected chi connectivity index (χ1v) is 7.12. The maximum atomic E-state index is 8.72. The van der Waals surface area contributed by atoms with Gasteiger partial charge in [0.05, 0.1) is 5.69 Å². The fourth-order valence-corrected chi connectivity index (χ4v) is 2.08. The van der Waals surface area contributed by atoms with Crippen molar-refractivity contribution in [2.24, 2.45) is 0 Å². The number of halogens is 1. The number of anilines is 1. The normalized spacial score (nSPS) is 10.5. The van der Waals surface area contributed by atoms with Crippen molar-refractivity contribution in [3.8, 4) is 11.3 Å². The number of hydrogen-bond donors (Lipinski definition) is 2. The van der Waals surface area contributed by atoms with Gasteiger partial charge in [0.2, 0.25) is 5.28 Å². The molecule has 0 saturated carbocycles. The molecule has 0 unspecified atom stereocenters. The van der Waals surface area contributed by atoms with Crippen molar-refractivity contribution in [1.29, 1.82) is 0 Å². The zero-order valence-electron chi connectivity index (χ0n) is 11.2. The SMILES string of the molecule is OCCCCCNc1cc(-c2ccccc2)nc(Cl)n1. The van der Waals surface area contributed by atoms with E-state index in [1.165, 1.54) is 0 Å². The predicted octanol–water partition coefficient (Wildman–Crippen LogP) is 3.37. The largest absolute Gasteiger partial charge is 0.396 e. The summed E-state index contributed by atoms with van der Waals surface area (Å²) in [5, 5.41) is 12.2. The average molecular weight is 292 g/mol. The molecule has 0 aliphatic carbocycles. The third-order valence-corrected chi connectivity index (χ3v) is 3.08. The van der Waals surface area contributed by atoms with Crippen LogP contribution in [0.3, 0.4) is 0 Å². The first kappa shape index (κ1) is 14.8. The molecule has 0 aliphatic rings. The molecule has 0 amide bonds. The van der Waals surface area contributed by atoms with Crippen LogP contribution in [0, 0.1) is 0 Å². The Kier molecular flexibility index (Phi) is 5.77. The summed E-state index contributed by atoms with van der Waals surface area (Å²) < 4.78 is 0. The zero-order valence-corrected chi connectivity index (χ0v) is 12.0. The number of nitrogens with zero attached hydrogens (tertiary/aromatic N) is 2. The molecule has 1 aromatic carbocycles. The molecule has 0 radical (unpaired) electrons. The van der Waals surface area contributed by atoms with E-state index in [2.05, 4.69) is 15.3 Å². The second-order valence-electron chi connectivity index (χ2n) is 4.48. The van der Waals surface area contributed by atoms with Crippen LogP contribution in [0.2, 0.25) is 5.28 Å². The van der Waals surface area contributed by atoms with Crippen LogP contribution in [-0.2, 0) is 0 Å². The third kappa shape index (κ3) is 4.47. The minimum atomic E-state index is 0.240. The molecular formula is C15H18ClN3O. The predicted molar refractivity (Wildman–Crippen MR) is 81.9 cm³/mol. The van der Waals surface area contributed by atoms with E-state index in [9.17, 15) is 0 Å². The Morgan fingerprint density at radius 3 is 2.60 bits per heavy atom. The smallest absolute Gasteiger partial charge is 0.224 e. The molecule has 0 atom stereocenters. The van der Waals surface area contributed by atoms with E-state index in [-0.39, 0.29) is 11.9 Å². The molecule has 20 heavy (non-hydrogen) atoms. The third-order valence-electron chi connectivity index (χ3n) is 2.91. The molecule has 1 heterocycles. The Hall–Kier alpha value is -1.65. The van der Waals surface area contributed by atoms with Crippen molar-refractivity contribution in [2.45, 2.75) is 19.3 Å². The highest BCUT2D eigenvalue weighted by Gasteiger charge is 2.04. The second-order valence-corrected chi connectivity index (χ2v) is 4.82. The number of aliphatic hydroxyl groups excluding tert-OH is 1.